The summed E-state index contributed by atoms with van der Waals surface area (Å²) in [4.78, 5) is 26.9. The average Bonchev–Trinajstić information content (AvgIpc) is 3.07. The quantitative estimate of drug-likeness (QED) is 0.224. The Balaban J connectivity index is 1.53. The van der Waals surface area contributed by atoms with Gasteiger partial charge in [0.05, 0.1) is 23.6 Å². The van der Waals surface area contributed by atoms with E-state index in [4.69, 9.17) is 21.1 Å². The van der Waals surface area contributed by atoms with Crippen LogP contribution in [0.25, 0.3) is 6.08 Å². The fourth-order valence-corrected chi connectivity index (χ4v) is 4.72. The molecule has 1 aliphatic rings. The van der Waals surface area contributed by atoms with Crippen LogP contribution >= 0.6 is 46.0 Å². The van der Waals surface area contributed by atoms with Crippen molar-refractivity contribution in [3.8, 4) is 11.5 Å². The van der Waals surface area contributed by atoms with E-state index >= 15 is 0 Å². The fourth-order valence-electron chi connectivity index (χ4n) is 3.25. The number of carbonyl (C=O) groups is 2. The number of nitrogens with zero attached hydrogens (tertiary/aromatic N) is 1. The molecule has 0 saturated carbocycles. The summed E-state index contributed by atoms with van der Waals surface area (Å²) in [5.41, 5.74) is 2.54. The van der Waals surface area contributed by atoms with Gasteiger partial charge in [0.15, 0.2) is 11.5 Å². The van der Waals surface area contributed by atoms with E-state index in [9.17, 15) is 9.59 Å². The molecule has 8 heteroatoms. The fraction of sp³-hybridized carbons (Fsp3) is 0.120. The molecule has 5 nitrogen and oxygen atoms in total. The average molecular weight is 592 g/mol. The number of halogens is 2. The van der Waals surface area contributed by atoms with Crippen LogP contribution in [0.15, 0.2) is 71.6 Å². The molecule has 1 aliphatic heterocycles. The molecule has 3 aromatic carbocycles. The molecule has 0 aromatic heterocycles. The van der Waals surface area contributed by atoms with Crippen molar-refractivity contribution >= 4 is 63.2 Å². The first-order valence-corrected chi connectivity index (χ1v) is 12.3. The summed E-state index contributed by atoms with van der Waals surface area (Å²) in [6.45, 7) is 0.572. The van der Waals surface area contributed by atoms with Crippen molar-refractivity contribution < 1.29 is 19.1 Å². The number of amides is 2. The Bertz CT molecular complexity index is 1220. The summed E-state index contributed by atoms with van der Waals surface area (Å²) in [7, 11) is 1.53. The Morgan fingerprint density at radius 2 is 1.76 bits per heavy atom. The molecule has 2 amide bonds. The van der Waals surface area contributed by atoms with E-state index in [1.54, 1.807) is 18.2 Å². The summed E-state index contributed by atoms with van der Waals surface area (Å²) < 4.78 is 12.4. The highest BCUT2D eigenvalue weighted by atomic mass is 127. The van der Waals surface area contributed by atoms with Crippen molar-refractivity contribution in [1.29, 1.82) is 0 Å². The maximum atomic E-state index is 12.9. The molecule has 1 saturated heterocycles. The number of methoxy groups -OCH3 is 1. The van der Waals surface area contributed by atoms with Crippen LogP contribution in [0.4, 0.5) is 4.79 Å². The van der Waals surface area contributed by atoms with Crippen LogP contribution < -0.4 is 9.47 Å². The number of ether oxygens (including phenoxy) is 2. The molecule has 1 fully saturated rings. The normalized spacial score (nSPS) is 14.8. The first kappa shape index (κ1) is 23.7. The van der Waals surface area contributed by atoms with Gasteiger partial charge in [0.25, 0.3) is 11.1 Å². The molecule has 0 N–H and O–H groups in total. The molecule has 0 atom stereocenters. The Labute approximate surface area is 214 Å². The summed E-state index contributed by atoms with van der Waals surface area (Å²) in [5, 5.41) is 0.0559. The zero-order valence-electron chi connectivity index (χ0n) is 17.6. The van der Waals surface area contributed by atoms with Gasteiger partial charge in [0.1, 0.15) is 6.61 Å². The van der Waals surface area contributed by atoms with Gasteiger partial charge in [-0.1, -0.05) is 54.1 Å². The van der Waals surface area contributed by atoms with Crippen molar-refractivity contribution in [2.45, 2.75) is 13.2 Å². The third kappa shape index (κ3) is 5.72. The number of thioether (sulfide) groups is 1. The van der Waals surface area contributed by atoms with Crippen LogP contribution in [0.2, 0.25) is 5.02 Å². The topological polar surface area (TPSA) is 55.8 Å². The molecule has 0 spiro atoms. The molecule has 0 unspecified atom stereocenters. The summed E-state index contributed by atoms with van der Waals surface area (Å²) in [6.07, 6.45) is 1.65. The SMILES string of the molecule is COc1cc(/C=C2\SC(=O)N(Cc3ccc(I)cc3)C2=O)cc(Cl)c1OCc1ccccc1. The minimum absolute atomic E-state index is 0.231. The highest BCUT2D eigenvalue weighted by Crippen LogP contribution is 2.39. The van der Waals surface area contributed by atoms with Crippen molar-refractivity contribution in [2.75, 3.05) is 7.11 Å². The summed E-state index contributed by atoms with van der Waals surface area (Å²) >= 11 is 9.60. The van der Waals surface area contributed by atoms with Crippen LogP contribution in [-0.2, 0) is 17.9 Å². The highest BCUT2D eigenvalue weighted by molar-refractivity contribution is 14.1. The number of carbonyl (C=O) groups excluding carboxylic acids is 2. The van der Waals surface area contributed by atoms with E-state index in [1.165, 1.54) is 12.0 Å². The lowest BCUT2D eigenvalue weighted by atomic mass is 10.1. The van der Waals surface area contributed by atoms with Gasteiger partial charge in [-0.2, -0.15) is 0 Å². The summed E-state index contributed by atoms with van der Waals surface area (Å²) in [6, 6.07) is 20.9. The smallest absolute Gasteiger partial charge is 0.293 e. The number of imide groups is 1. The van der Waals surface area contributed by atoms with E-state index in [0.29, 0.717) is 33.6 Å². The first-order chi connectivity index (χ1) is 15.9. The van der Waals surface area contributed by atoms with Crippen LogP contribution in [-0.4, -0.2) is 23.2 Å². The number of benzene rings is 3. The molecule has 4 rings (SSSR count). The monoisotopic (exact) mass is 591 g/mol. The number of hydrogen-bond donors (Lipinski definition) is 0. The maximum absolute atomic E-state index is 12.9. The van der Waals surface area contributed by atoms with Crippen molar-refractivity contribution in [3.05, 3.63) is 96.9 Å². The van der Waals surface area contributed by atoms with Gasteiger partial charge in [-0.15, -0.1) is 0 Å². The zero-order valence-corrected chi connectivity index (χ0v) is 21.3. The van der Waals surface area contributed by atoms with E-state index in [2.05, 4.69) is 22.6 Å². The van der Waals surface area contributed by atoms with Gasteiger partial charge >= 0.3 is 0 Å². The molecule has 1 heterocycles. The first-order valence-electron chi connectivity index (χ1n) is 9.98. The van der Waals surface area contributed by atoms with Crippen molar-refractivity contribution in [2.24, 2.45) is 0 Å². The maximum Gasteiger partial charge on any atom is 0.293 e. The van der Waals surface area contributed by atoms with Gasteiger partial charge in [-0.05, 0) is 81.4 Å². The zero-order chi connectivity index (χ0) is 23.4. The molecule has 3 aromatic rings. The molecule has 168 valence electrons. The molecule has 0 bridgehead atoms. The van der Waals surface area contributed by atoms with Gasteiger partial charge in [-0.3, -0.25) is 14.5 Å². The Kier molecular flexibility index (Phi) is 7.62. The summed E-state index contributed by atoms with van der Waals surface area (Å²) in [5.74, 6) is 0.540. The van der Waals surface area contributed by atoms with E-state index in [1.807, 2.05) is 54.6 Å². The number of hydrogen-bond acceptors (Lipinski definition) is 5. The van der Waals surface area contributed by atoms with Gasteiger partial charge in [0.2, 0.25) is 0 Å². The predicted octanol–water partition coefficient (Wildman–Crippen LogP) is 6.77. The lowest BCUT2D eigenvalue weighted by Crippen LogP contribution is -2.27. The minimum atomic E-state index is -0.331. The van der Waals surface area contributed by atoms with Crippen molar-refractivity contribution in [1.82, 2.24) is 4.90 Å². The molecular weight excluding hydrogens is 573 g/mol. The minimum Gasteiger partial charge on any atom is -0.493 e. The van der Waals surface area contributed by atoms with E-state index < -0.39 is 0 Å². The van der Waals surface area contributed by atoms with Gasteiger partial charge < -0.3 is 9.47 Å². The standard InChI is InChI=1S/C25H19ClINO4S/c1-31-21-12-18(11-20(26)23(21)32-15-17-5-3-2-4-6-17)13-22-24(29)28(25(30)33-22)14-16-7-9-19(27)10-8-16/h2-13H,14-15H2,1H3/b22-13-. The lowest BCUT2D eigenvalue weighted by Gasteiger charge is -2.14. The van der Waals surface area contributed by atoms with Gasteiger partial charge in [-0.25, -0.2) is 0 Å². The van der Waals surface area contributed by atoms with E-state index in [0.717, 1.165) is 26.5 Å². The molecular formula is C25H19ClINO4S. The third-order valence-corrected chi connectivity index (χ3v) is 6.81. The Morgan fingerprint density at radius 1 is 1.03 bits per heavy atom. The predicted molar refractivity (Wildman–Crippen MR) is 139 cm³/mol. The largest absolute Gasteiger partial charge is 0.493 e. The molecule has 0 aliphatic carbocycles. The highest BCUT2D eigenvalue weighted by Gasteiger charge is 2.35. The number of rotatable bonds is 7. The van der Waals surface area contributed by atoms with Crippen LogP contribution in [0.1, 0.15) is 16.7 Å². The van der Waals surface area contributed by atoms with Gasteiger partial charge in [0, 0.05) is 3.57 Å². The Hall–Kier alpha value is -2.49. The van der Waals surface area contributed by atoms with Crippen LogP contribution in [0, 0.1) is 3.57 Å². The second kappa shape index (κ2) is 10.6. The van der Waals surface area contributed by atoms with E-state index in [-0.39, 0.29) is 17.7 Å². The Morgan fingerprint density at radius 3 is 2.45 bits per heavy atom. The third-order valence-electron chi connectivity index (χ3n) is 4.90. The molecule has 0 radical (unpaired) electrons. The molecule has 33 heavy (non-hydrogen) atoms. The van der Waals surface area contributed by atoms with Crippen LogP contribution in [0.3, 0.4) is 0 Å². The second-order valence-electron chi connectivity index (χ2n) is 7.20. The van der Waals surface area contributed by atoms with Crippen LogP contribution in [0.5, 0.6) is 11.5 Å². The second-order valence-corrected chi connectivity index (χ2v) is 9.85. The lowest BCUT2D eigenvalue weighted by molar-refractivity contribution is -0.123. The van der Waals surface area contributed by atoms with Crippen molar-refractivity contribution in [3.63, 3.8) is 0 Å².